The van der Waals surface area contributed by atoms with Gasteiger partial charge in [-0.15, -0.1) is 0 Å². The molecule has 0 radical (unpaired) electrons. The lowest BCUT2D eigenvalue weighted by atomic mass is 9.93. The van der Waals surface area contributed by atoms with Gasteiger partial charge in [0.25, 0.3) is 11.7 Å². The number of aryl methyl sites for hydroxylation is 2. The third-order valence-corrected chi connectivity index (χ3v) is 6.53. The topological polar surface area (TPSA) is 87.1 Å². The summed E-state index contributed by atoms with van der Waals surface area (Å²) in [5, 5.41) is 21.7. The van der Waals surface area contributed by atoms with Gasteiger partial charge in [-0.25, -0.2) is 0 Å². The molecule has 1 amide bonds. The van der Waals surface area contributed by atoms with E-state index < -0.39 is 17.7 Å². The number of anilines is 1. The Balaban J connectivity index is 1.96. The molecule has 0 saturated carbocycles. The first-order valence-corrected chi connectivity index (χ1v) is 12.1. The second-order valence-corrected chi connectivity index (χ2v) is 9.39. The first kappa shape index (κ1) is 25.0. The molecule has 6 heteroatoms. The highest BCUT2D eigenvalue weighted by Crippen LogP contribution is 2.44. The van der Waals surface area contributed by atoms with E-state index in [-0.39, 0.29) is 22.8 Å². The van der Waals surface area contributed by atoms with Crippen LogP contribution in [-0.2, 0) is 9.59 Å². The number of nitrogens with zero attached hydrogens (tertiary/aromatic N) is 1. The molecule has 1 aliphatic rings. The van der Waals surface area contributed by atoms with Crippen molar-refractivity contribution in [1.29, 1.82) is 0 Å². The predicted octanol–water partition coefficient (Wildman–Crippen LogP) is 6.16. The summed E-state index contributed by atoms with van der Waals surface area (Å²) in [6, 6.07) is 16.9. The monoisotopic (exact) mass is 485 g/mol. The average Bonchev–Trinajstić information content (AvgIpc) is 3.12. The van der Waals surface area contributed by atoms with E-state index in [1.165, 1.54) is 11.0 Å². The highest BCUT2D eigenvalue weighted by molar-refractivity contribution is 6.51. The van der Waals surface area contributed by atoms with Crippen molar-refractivity contribution in [2.45, 2.75) is 46.6 Å². The molecule has 6 nitrogen and oxygen atoms in total. The van der Waals surface area contributed by atoms with Crippen molar-refractivity contribution in [2.75, 3.05) is 11.5 Å². The van der Waals surface area contributed by atoms with E-state index in [9.17, 15) is 19.8 Å². The maximum absolute atomic E-state index is 13.4. The van der Waals surface area contributed by atoms with Crippen molar-refractivity contribution >= 4 is 23.1 Å². The fourth-order valence-electron chi connectivity index (χ4n) is 4.54. The molecule has 1 heterocycles. The zero-order valence-electron chi connectivity index (χ0n) is 21.2. The van der Waals surface area contributed by atoms with Gasteiger partial charge in [-0.3, -0.25) is 14.5 Å². The molecule has 1 saturated heterocycles. The number of ketones is 1. The number of hydrogen-bond acceptors (Lipinski definition) is 5. The minimum absolute atomic E-state index is 0.00484. The molecule has 186 valence electrons. The third kappa shape index (κ3) is 4.47. The van der Waals surface area contributed by atoms with Gasteiger partial charge < -0.3 is 14.9 Å². The summed E-state index contributed by atoms with van der Waals surface area (Å²) in [5.74, 6) is -1.23. The van der Waals surface area contributed by atoms with Crippen LogP contribution in [0.4, 0.5) is 5.69 Å². The lowest BCUT2D eigenvalue weighted by molar-refractivity contribution is -0.132. The normalized spacial score (nSPS) is 17.2. The lowest BCUT2D eigenvalue weighted by Crippen LogP contribution is -2.29. The molecule has 4 rings (SSSR count). The highest BCUT2D eigenvalue weighted by atomic mass is 16.5. The van der Waals surface area contributed by atoms with Crippen molar-refractivity contribution in [3.8, 4) is 11.5 Å². The van der Waals surface area contributed by atoms with Crippen LogP contribution in [-0.4, -0.2) is 28.5 Å². The first-order valence-electron chi connectivity index (χ1n) is 12.1. The van der Waals surface area contributed by atoms with Crippen molar-refractivity contribution in [2.24, 2.45) is 0 Å². The third-order valence-electron chi connectivity index (χ3n) is 6.53. The van der Waals surface area contributed by atoms with E-state index in [0.717, 1.165) is 16.7 Å². The van der Waals surface area contributed by atoms with Gasteiger partial charge in [0, 0.05) is 11.3 Å². The number of phenols is 1. The van der Waals surface area contributed by atoms with Gasteiger partial charge in [0.1, 0.15) is 5.76 Å². The van der Waals surface area contributed by atoms with Gasteiger partial charge >= 0.3 is 0 Å². The molecule has 0 aromatic heterocycles. The molecule has 1 fully saturated rings. The van der Waals surface area contributed by atoms with Gasteiger partial charge in [0.05, 0.1) is 18.2 Å². The summed E-state index contributed by atoms with van der Waals surface area (Å²) >= 11 is 0. The van der Waals surface area contributed by atoms with Crippen molar-refractivity contribution in [3.63, 3.8) is 0 Å². The Morgan fingerprint density at radius 3 is 2.33 bits per heavy atom. The molecule has 0 spiro atoms. The van der Waals surface area contributed by atoms with E-state index in [1.807, 2.05) is 50.2 Å². The van der Waals surface area contributed by atoms with Gasteiger partial charge in [-0.2, -0.15) is 0 Å². The van der Waals surface area contributed by atoms with Crippen LogP contribution in [0, 0.1) is 13.8 Å². The number of aliphatic hydroxyl groups excluding tert-OH is 1. The minimum Gasteiger partial charge on any atom is -0.507 e. The first-order chi connectivity index (χ1) is 17.1. The summed E-state index contributed by atoms with van der Waals surface area (Å²) in [7, 11) is 0. The summed E-state index contributed by atoms with van der Waals surface area (Å²) in [5.41, 5.74) is 4.37. The molecule has 36 heavy (non-hydrogen) atoms. The van der Waals surface area contributed by atoms with Crippen molar-refractivity contribution < 1.29 is 24.5 Å². The second-order valence-electron chi connectivity index (χ2n) is 9.39. The molecule has 1 unspecified atom stereocenters. The molecule has 1 atom stereocenters. The molecule has 1 aliphatic heterocycles. The van der Waals surface area contributed by atoms with Crippen molar-refractivity contribution in [1.82, 2.24) is 0 Å². The summed E-state index contributed by atoms with van der Waals surface area (Å²) in [6.07, 6.45) is 0. The SMILES string of the molecule is CCOc1cc(C2/C(=C(\O)c3cc(C)ccc3C)C(=O)C(=O)N2c2ccc(C(C)C)cc2)ccc1O. The molecule has 3 aromatic rings. The molecular weight excluding hydrogens is 454 g/mol. The number of benzene rings is 3. The standard InChI is InChI=1S/C30H31NO5/c1-6-36-25-16-21(11-14-24(25)32)27-26(28(33)23-15-18(4)7-8-19(23)5)29(34)30(35)31(27)22-12-9-20(10-13-22)17(2)3/h7-17,27,32-33H,6H2,1-5H3/b28-26+. The van der Waals surface area contributed by atoms with Crippen LogP contribution in [0.5, 0.6) is 11.5 Å². The fraction of sp³-hybridized carbons (Fsp3) is 0.267. The predicted molar refractivity (Wildman–Crippen MR) is 141 cm³/mol. The molecule has 0 aliphatic carbocycles. The van der Waals surface area contributed by atoms with Crippen LogP contribution >= 0.6 is 0 Å². The maximum Gasteiger partial charge on any atom is 0.300 e. The zero-order chi connectivity index (χ0) is 26.1. The van der Waals surface area contributed by atoms with Gasteiger partial charge in [0.2, 0.25) is 0 Å². The summed E-state index contributed by atoms with van der Waals surface area (Å²) in [6.45, 7) is 10.0. The number of Topliss-reactive ketones (excluding diaryl/α,β-unsaturated/α-hetero) is 1. The zero-order valence-corrected chi connectivity index (χ0v) is 21.2. The number of carbonyl (C=O) groups is 2. The minimum atomic E-state index is -0.908. The Hall–Kier alpha value is -4.06. The van der Waals surface area contributed by atoms with Crippen LogP contribution in [0.15, 0.2) is 66.2 Å². The van der Waals surface area contributed by atoms with E-state index in [2.05, 4.69) is 13.8 Å². The van der Waals surface area contributed by atoms with Crippen LogP contribution in [0.3, 0.4) is 0 Å². The van der Waals surface area contributed by atoms with Crippen LogP contribution in [0.1, 0.15) is 60.5 Å². The van der Waals surface area contributed by atoms with Crippen LogP contribution in [0.25, 0.3) is 5.76 Å². The number of phenolic OH excluding ortho intramolecular Hbond substituents is 1. The Labute approximate surface area is 211 Å². The Kier molecular flexibility index (Phi) is 6.88. The highest BCUT2D eigenvalue weighted by Gasteiger charge is 2.47. The maximum atomic E-state index is 13.4. The molecule has 2 N–H and O–H groups in total. The molecule has 0 bridgehead atoms. The Morgan fingerprint density at radius 1 is 1.00 bits per heavy atom. The quantitative estimate of drug-likeness (QED) is 0.248. The Morgan fingerprint density at radius 2 is 1.69 bits per heavy atom. The second kappa shape index (κ2) is 9.90. The summed E-state index contributed by atoms with van der Waals surface area (Å²) < 4.78 is 5.57. The number of rotatable bonds is 6. The van der Waals surface area contributed by atoms with Crippen LogP contribution in [0.2, 0.25) is 0 Å². The Bertz CT molecular complexity index is 1350. The molecule has 3 aromatic carbocycles. The molecular formula is C30H31NO5. The van der Waals surface area contributed by atoms with Gasteiger partial charge in [-0.1, -0.05) is 49.7 Å². The smallest absolute Gasteiger partial charge is 0.300 e. The average molecular weight is 486 g/mol. The fourth-order valence-corrected chi connectivity index (χ4v) is 4.54. The van der Waals surface area contributed by atoms with E-state index in [1.54, 1.807) is 25.1 Å². The largest absolute Gasteiger partial charge is 0.507 e. The number of aliphatic hydroxyl groups is 1. The number of aromatic hydroxyl groups is 1. The van der Waals surface area contributed by atoms with E-state index >= 15 is 0 Å². The summed E-state index contributed by atoms with van der Waals surface area (Å²) in [4.78, 5) is 28.3. The number of carbonyl (C=O) groups excluding carboxylic acids is 2. The lowest BCUT2D eigenvalue weighted by Gasteiger charge is -2.26. The number of hydrogen-bond donors (Lipinski definition) is 2. The van der Waals surface area contributed by atoms with Crippen LogP contribution < -0.4 is 9.64 Å². The number of ether oxygens (including phenoxy) is 1. The number of amides is 1. The van der Waals surface area contributed by atoms with Gasteiger partial charge in [0.15, 0.2) is 11.5 Å². The van der Waals surface area contributed by atoms with E-state index in [0.29, 0.717) is 29.3 Å². The van der Waals surface area contributed by atoms with Crippen molar-refractivity contribution in [3.05, 3.63) is 94.1 Å². The van der Waals surface area contributed by atoms with E-state index in [4.69, 9.17) is 4.74 Å². The van der Waals surface area contributed by atoms with Gasteiger partial charge in [-0.05, 0) is 73.7 Å².